The number of benzene rings is 2. The van der Waals surface area contributed by atoms with Crippen molar-refractivity contribution < 1.29 is 4.74 Å². The van der Waals surface area contributed by atoms with Crippen LogP contribution in [0.15, 0.2) is 48.5 Å². The maximum Gasteiger partial charge on any atom is 0.118 e. The van der Waals surface area contributed by atoms with E-state index in [4.69, 9.17) is 16.3 Å². The molecule has 112 valence electrons. The minimum Gasteiger partial charge on any atom is -0.497 e. The molecule has 3 heteroatoms. The summed E-state index contributed by atoms with van der Waals surface area (Å²) in [4.78, 5) is 0. The molecule has 0 aliphatic heterocycles. The molecule has 21 heavy (non-hydrogen) atoms. The Bertz CT molecular complexity index is 553. The third-order valence-corrected chi connectivity index (χ3v) is 3.72. The molecule has 2 aromatic rings. The van der Waals surface area contributed by atoms with Gasteiger partial charge in [-0.1, -0.05) is 42.8 Å². The van der Waals surface area contributed by atoms with Crippen LogP contribution in [0.25, 0.3) is 0 Å². The summed E-state index contributed by atoms with van der Waals surface area (Å²) in [5.74, 6) is 0.885. The molecule has 2 nitrogen and oxygen atoms in total. The van der Waals surface area contributed by atoms with E-state index < -0.39 is 0 Å². The van der Waals surface area contributed by atoms with E-state index in [2.05, 4.69) is 30.4 Å². The highest BCUT2D eigenvalue weighted by atomic mass is 35.5. The fraction of sp³-hybridized carbons (Fsp3) is 0.333. The normalized spacial score (nSPS) is 12.1. The highest BCUT2D eigenvalue weighted by Crippen LogP contribution is 2.22. The maximum atomic E-state index is 6.08. The number of rotatable bonds is 7. The largest absolute Gasteiger partial charge is 0.497 e. The van der Waals surface area contributed by atoms with Gasteiger partial charge in [0, 0.05) is 11.1 Å². The van der Waals surface area contributed by atoms with Crippen molar-refractivity contribution in [3.63, 3.8) is 0 Å². The summed E-state index contributed by atoms with van der Waals surface area (Å²) in [5, 5.41) is 4.40. The van der Waals surface area contributed by atoms with Crippen LogP contribution in [0.2, 0.25) is 5.02 Å². The molecule has 0 fully saturated rings. The van der Waals surface area contributed by atoms with E-state index in [1.807, 2.05) is 30.3 Å². The van der Waals surface area contributed by atoms with Gasteiger partial charge in [-0.05, 0) is 54.8 Å². The predicted molar refractivity (Wildman–Crippen MR) is 89.2 cm³/mol. The zero-order valence-electron chi connectivity index (χ0n) is 12.6. The lowest BCUT2D eigenvalue weighted by molar-refractivity contribution is 0.414. The first-order chi connectivity index (χ1) is 10.2. The topological polar surface area (TPSA) is 21.3 Å². The van der Waals surface area contributed by atoms with Crippen LogP contribution in [0.1, 0.15) is 30.5 Å². The van der Waals surface area contributed by atoms with Gasteiger partial charge in [0.15, 0.2) is 0 Å². The molecule has 0 aliphatic rings. The van der Waals surface area contributed by atoms with Crippen molar-refractivity contribution in [3.8, 4) is 5.75 Å². The van der Waals surface area contributed by atoms with Gasteiger partial charge in [-0.2, -0.15) is 0 Å². The predicted octanol–water partition coefficient (Wildman–Crippen LogP) is 4.63. The first-order valence-corrected chi connectivity index (χ1v) is 7.72. The van der Waals surface area contributed by atoms with Gasteiger partial charge in [0.1, 0.15) is 5.75 Å². The van der Waals surface area contributed by atoms with E-state index >= 15 is 0 Å². The van der Waals surface area contributed by atoms with Gasteiger partial charge in [0.05, 0.1) is 7.11 Å². The first kappa shape index (κ1) is 15.9. The van der Waals surface area contributed by atoms with E-state index in [9.17, 15) is 0 Å². The van der Waals surface area contributed by atoms with Crippen molar-refractivity contribution in [1.29, 1.82) is 0 Å². The lowest BCUT2D eigenvalue weighted by Gasteiger charge is -2.19. The summed E-state index contributed by atoms with van der Waals surface area (Å²) >= 11 is 6.08. The molecule has 0 aliphatic carbocycles. The number of hydrogen-bond acceptors (Lipinski definition) is 2. The zero-order valence-corrected chi connectivity index (χ0v) is 13.4. The SMILES string of the molecule is CCCNC(Cc1cccc(Cl)c1)c1ccc(OC)cc1. The molecule has 1 N–H and O–H groups in total. The average molecular weight is 304 g/mol. The Morgan fingerprint density at radius 1 is 1.14 bits per heavy atom. The van der Waals surface area contributed by atoms with Gasteiger partial charge in [0.2, 0.25) is 0 Å². The van der Waals surface area contributed by atoms with E-state index in [1.54, 1.807) is 7.11 Å². The van der Waals surface area contributed by atoms with Crippen LogP contribution in [0.4, 0.5) is 0 Å². The molecule has 0 aromatic heterocycles. The van der Waals surface area contributed by atoms with Crippen LogP contribution in [-0.2, 0) is 6.42 Å². The molecule has 0 amide bonds. The number of nitrogens with one attached hydrogen (secondary N) is 1. The van der Waals surface area contributed by atoms with Crippen LogP contribution >= 0.6 is 11.6 Å². The van der Waals surface area contributed by atoms with Crippen molar-refractivity contribution in [1.82, 2.24) is 5.32 Å². The van der Waals surface area contributed by atoms with E-state index in [-0.39, 0.29) is 6.04 Å². The summed E-state index contributed by atoms with van der Waals surface area (Å²) in [6.45, 7) is 3.18. The van der Waals surface area contributed by atoms with Crippen molar-refractivity contribution in [2.24, 2.45) is 0 Å². The molecule has 0 saturated carbocycles. The quantitative estimate of drug-likeness (QED) is 0.805. The maximum absolute atomic E-state index is 6.08. The Labute approximate surface area is 132 Å². The van der Waals surface area contributed by atoms with Crippen molar-refractivity contribution in [2.75, 3.05) is 13.7 Å². The lowest BCUT2D eigenvalue weighted by Crippen LogP contribution is -2.24. The zero-order chi connectivity index (χ0) is 15.1. The molecule has 0 heterocycles. The van der Waals surface area contributed by atoms with Gasteiger partial charge >= 0.3 is 0 Å². The van der Waals surface area contributed by atoms with E-state index in [0.29, 0.717) is 0 Å². The molecule has 1 atom stereocenters. The Kier molecular flexibility index (Phi) is 6.09. The number of ether oxygens (including phenoxy) is 1. The molecule has 0 saturated heterocycles. The molecule has 0 spiro atoms. The van der Waals surface area contributed by atoms with Crippen LogP contribution in [0, 0.1) is 0 Å². The molecular weight excluding hydrogens is 282 g/mol. The number of hydrogen-bond donors (Lipinski definition) is 1. The lowest BCUT2D eigenvalue weighted by atomic mass is 9.98. The smallest absolute Gasteiger partial charge is 0.118 e. The van der Waals surface area contributed by atoms with Crippen molar-refractivity contribution >= 4 is 11.6 Å². The van der Waals surface area contributed by atoms with Crippen LogP contribution < -0.4 is 10.1 Å². The van der Waals surface area contributed by atoms with Gasteiger partial charge in [0.25, 0.3) is 0 Å². The fourth-order valence-electron chi connectivity index (χ4n) is 2.36. The van der Waals surface area contributed by atoms with Crippen LogP contribution in [-0.4, -0.2) is 13.7 Å². The Hall–Kier alpha value is -1.51. The standard InChI is InChI=1S/C18H22ClNO/c1-3-11-20-18(13-14-5-4-6-16(19)12-14)15-7-9-17(21-2)10-8-15/h4-10,12,18,20H,3,11,13H2,1-2H3. The summed E-state index contributed by atoms with van der Waals surface area (Å²) in [5.41, 5.74) is 2.51. The third kappa shape index (κ3) is 4.76. The molecular formula is C18H22ClNO. The number of halogens is 1. The summed E-state index contributed by atoms with van der Waals surface area (Å²) < 4.78 is 5.23. The summed E-state index contributed by atoms with van der Waals surface area (Å²) in [6.07, 6.45) is 2.04. The second kappa shape index (κ2) is 8.06. The third-order valence-electron chi connectivity index (χ3n) is 3.49. The van der Waals surface area contributed by atoms with Gasteiger partial charge in [-0.15, -0.1) is 0 Å². The molecule has 2 aromatic carbocycles. The Morgan fingerprint density at radius 3 is 2.52 bits per heavy atom. The Balaban J connectivity index is 2.16. The van der Waals surface area contributed by atoms with Crippen LogP contribution in [0.3, 0.4) is 0 Å². The summed E-state index contributed by atoms with van der Waals surface area (Å²) in [7, 11) is 1.69. The highest BCUT2D eigenvalue weighted by molar-refractivity contribution is 6.30. The van der Waals surface area contributed by atoms with Gasteiger partial charge < -0.3 is 10.1 Å². The molecule has 0 bridgehead atoms. The van der Waals surface area contributed by atoms with Crippen molar-refractivity contribution in [3.05, 3.63) is 64.7 Å². The number of methoxy groups -OCH3 is 1. The summed E-state index contributed by atoms with van der Waals surface area (Å²) in [6, 6.07) is 16.6. The molecule has 1 unspecified atom stereocenters. The molecule has 2 rings (SSSR count). The highest BCUT2D eigenvalue weighted by Gasteiger charge is 2.12. The van der Waals surface area contributed by atoms with Gasteiger partial charge in [-0.25, -0.2) is 0 Å². The van der Waals surface area contributed by atoms with Crippen molar-refractivity contribution in [2.45, 2.75) is 25.8 Å². The average Bonchev–Trinajstić information content (AvgIpc) is 2.51. The fourth-order valence-corrected chi connectivity index (χ4v) is 2.58. The second-order valence-corrected chi connectivity index (χ2v) is 5.55. The van der Waals surface area contributed by atoms with Crippen LogP contribution in [0.5, 0.6) is 5.75 Å². The second-order valence-electron chi connectivity index (χ2n) is 5.11. The van der Waals surface area contributed by atoms with E-state index in [1.165, 1.54) is 11.1 Å². The Morgan fingerprint density at radius 2 is 1.90 bits per heavy atom. The van der Waals surface area contributed by atoms with E-state index in [0.717, 1.165) is 30.2 Å². The molecule has 0 radical (unpaired) electrons. The van der Waals surface area contributed by atoms with Gasteiger partial charge in [-0.3, -0.25) is 0 Å². The monoisotopic (exact) mass is 303 g/mol. The minimum absolute atomic E-state index is 0.286. The minimum atomic E-state index is 0.286. The first-order valence-electron chi connectivity index (χ1n) is 7.34.